The summed E-state index contributed by atoms with van der Waals surface area (Å²) in [7, 11) is 3.91. The van der Waals surface area contributed by atoms with E-state index in [2.05, 4.69) is 26.1 Å². The molecule has 1 aromatic heterocycles. The highest BCUT2D eigenvalue weighted by Gasteiger charge is 2.40. The summed E-state index contributed by atoms with van der Waals surface area (Å²) in [5, 5.41) is 7.91. The van der Waals surface area contributed by atoms with E-state index in [0.717, 1.165) is 28.1 Å². The van der Waals surface area contributed by atoms with Crippen molar-refractivity contribution in [1.29, 1.82) is 0 Å². The third-order valence-corrected chi connectivity index (χ3v) is 8.22. The molecule has 0 saturated heterocycles. The van der Waals surface area contributed by atoms with Crippen molar-refractivity contribution in [3.05, 3.63) is 64.8 Å². The number of hydrogen-bond donors (Lipinski definition) is 1. The molecule has 2 aliphatic heterocycles. The standard InChI is InChI=1S/C30H37N5O4S/c1-19-7-10-21(11-8-19)35-29-26(28(32-35)30(2,3)4)27(20-9-12-22-23(15-20)39-18-38-22)40-17-25(37)34(29)16-24(36)31-13-14-33(5)6/h7-12,15,27H,13-14,16-18H2,1-6H3,(H,31,36). The van der Waals surface area contributed by atoms with Gasteiger partial charge < -0.3 is 19.7 Å². The van der Waals surface area contributed by atoms with Crippen molar-refractivity contribution < 1.29 is 19.1 Å². The van der Waals surface area contributed by atoms with Gasteiger partial charge in [0.05, 0.1) is 22.4 Å². The maximum atomic E-state index is 13.8. The average molecular weight is 564 g/mol. The van der Waals surface area contributed by atoms with Gasteiger partial charge in [0.25, 0.3) is 0 Å². The first-order valence-corrected chi connectivity index (χ1v) is 14.5. The molecule has 10 heteroatoms. The SMILES string of the molecule is Cc1ccc(-n2nc(C(C)(C)C)c3c2N(CC(=O)NCCN(C)C)C(=O)CSC3c2ccc3c(c2)OCO3)cc1. The van der Waals surface area contributed by atoms with Crippen LogP contribution in [0.4, 0.5) is 5.82 Å². The molecule has 3 aromatic rings. The van der Waals surface area contributed by atoms with Gasteiger partial charge in [0.2, 0.25) is 18.6 Å². The minimum atomic E-state index is -0.331. The second kappa shape index (κ2) is 11.2. The maximum absolute atomic E-state index is 13.8. The molecule has 3 heterocycles. The lowest BCUT2D eigenvalue weighted by atomic mass is 9.87. The number of nitrogens with one attached hydrogen (secondary N) is 1. The summed E-state index contributed by atoms with van der Waals surface area (Å²) in [6, 6.07) is 14.0. The minimum Gasteiger partial charge on any atom is -0.454 e. The molecule has 1 atom stereocenters. The van der Waals surface area contributed by atoms with Gasteiger partial charge in [-0.25, -0.2) is 4.68 Å². The van der Waals surface area contributed by atoms with Gasteiger partial charge in [0.1, 0.15) is 12.4 Å². The highest BCUT2D eigenvalue weighted by atomic mass is 32.2. The Morgan fingerprint density at radius 1 is 1.12 bits per heavy atom. The lowest BCUT2D eigenvalue weighted by Crippen LogP contribution is -2.43. The number of likely N-dealkylation sites (N-methyl/N-ethyl adjacent to an activating group) is 1. The lowest BCUT2D eigenvalue weighted by molar-refractivity contribution is -0.122. The van der Waals surface area contributed by atoms with E-state index >= 15 is 0 Å². The van der Waals surface area contributed by atoms with Crippen molar-refractivity contribution in [2.75, 3.05) is 51.2 Å². The molecule has 40 heavy (non-hydrogen) atoms. The number of aryl methyl sites for hydroxylation is 1. The van der Waals surface area contributed by atoms with E-state index in [9.17, 15) is 9.59 Å². The largest absolute Gasteiger partial charge is 0.454 e. The van der Waals surface area contributed by atoms with Gasteiger partial charge in [-0.1, -0.05) is 44.5 Å². The molecule has 2 amide bonds. The number of thioether (sulfide) groups is 1. The van der Waals surface area contributed by atoms with Crippen LogP contribution in [-0.4, -0.2) is 72.8 Å². The Labute approximate surface area is 239 Å². The second-order valence-corrected chi connectivity index (χ2v) is 12.6. The molecule has 0 bridgehead atoms. The van der Waals surface area contributed by atoms with E-state index in [-0.39, 0.29) is 41.6 Å². The highest BCUT2D eigenvalue weighted by Crippen LogP contribution is 2.49. The Morgan fingerprint density at radius 3 is 2.55 bits per heavy atom. The summed E-state index contributed by atoms with van der Waals surface area (Å²) in [5.74, 6) is 1.91. The Hall–Kier alpha value is -3.50. The molecular weight excluding hydrogens is 526 g/mol. The summed E-state index contributed by atoms with van der Waals surface area (Å²) in [6.07, 6.45) is 0. The third-order valence-electron chi connectivity index (χ3n) is 6.96. The predicted molar refractivity (Wildman–Crippen MR) is 158 cm³/mol. The van der Waals surface area contributed by atoms with Crippen molar-refractivity contribution in [2.24, 2.45) is 0 Å². The van der Waals surface area contributed by atoms with Crippen LogP contribution in [0.2, 0.25) is 0 Å². The van der Waals surface area contributed by atoms with Crippen LogP contribution < -0.4 is 19.7 Å². The molecule has 2 aromatic carbocycles. The van der Waals surface area contributed by atoms with Crippen LogP contribution in [0.3, 0.4) is 0 Å². The van der Waals surface area contributed by atoms with Gasteiger partial charge >= 0.3 is 0 Å². The smallest absolute Gasteiger partial charge is 0.240 e. The Morgan fingerprint density at radius 2 is 1.85 bits per heavy atom. The molecule has 9 nitrogen and oxygen atoms in total. The Bertz CT molecular complexity index is 1410. The van der Waals surface area contributed by atoms with Gasteiger partial charge in [-0.3, -0.25) is 14.5 Å². The first-order chi connectivity index (χ1) is 19.0. The van der Waals surface area contributed by atoms with Crippen molar-refractivity contribution in [1.82, 2.24) is 20.0 Å². The van der Waals surface area contributed by atoms with Crippen LogP contribution >= 0.6 is 11.8 Å². The van der Waals surface area contributed by atoms with E-state index in [1.54, 1.807) is 16.7 Å². The van der Waals surface area contributed by atoms with E-state index in [1.807, 2.05) is 73.1 Å². The summed E-state index contributed by atoms with van der Waals surface area (Å²) >= 11 is 1.55. The monoisotopic (exact) mass is 563 g/mol. The number of hydrogen-bond acceptors (Lipinski definition) is 7. The maximum Gasteiger partial charge on any atom is 0.240 e. The topological polar surface area (TPSA) is 88.9 Å². The zero-order chi connectivity index (χ0) is 28.6. The number of nitrogens with zero attached hydrogens (tertiary/aromatic N) is 4. The fourth-order valence-corrected chi connectivity index (χ4v) is 6.08. The summed E-state index contributed by atoms with van der Waals surface area (Å²) in [4.78, 5) is 30.5. The Kier molecular flexibility index (Phi) is 7.83. The van der Waals surface area contributed by atoms with Crippen LogP contribution in [0, 0.1) is 6.92 Å². The minimum absolute atomic E-state index is 0.0885. The number of fused-ring (bicyclic) bond motifs is 2. The number of amides is 2. The zero-order valence-corrected chi connectivity index (χ0v) is 24.8. The molecule has 0 saturated carbocycles. The first-order valence-electron chi connectivity index (χ1n) is 13.5. The van der Waals surface area contributed by atoms with Crippen LogP contribution in [0.15, 0.2) is 42.5 Å². The van der Waals surface area contributed by atoms with Crippen molar-refractivity contribution in [2.45, 2.75) is 38.4 Å². The molecule has 1 unspecified atom stereocenters. The fraction of sp³-hybridized carbons (Fsp3) is 0.433. The number of carbonyl (C=O) groups excluding carboxylic acids is 2. The summed E-state index contributed by atoms with van der Waals surface area (Å²) in [5.41, 5.74) is 4.44. The zero-order valence-electron chi connectivity index (χ0n) is 24.0. The van der Waals surface area contributed by atoms with Crippen LogP contribution in [0.1, 0.15) is 48.4 Å². The fourth-order valence-electron chi connectivity index (χ4n) is 4.90. The number of anilines is 1. The number of rotatable bonds is 7. The van der Waals surface area contributed by atoms with Crippen molar-refractivity contribution in [3.8, 4) is 17.2 Å². The molecule has 0 aliphatic carbocycles. The number of carbonyl (C=O) groups is 2. The molecule has 1 N–H and O–H groups in total. The van der Waals surface area contributed by atoms with Gasteiger partial charge in [-0.2, -0.15) is 5.10 Å². The van der Waals surface area contributed by atoms with Crippen molar-refractivity contribution >= 4 is 29.4 Å². The van der Waals surface area contributed by atoms with Crippen LogP contribution in [0.5, 0.6) is 11.5 Å². The van der Waals surface area contributed by atoms with Crippen LogP contribution in [-0.2, 0) is 15.0 Å². The average Bonchev–Trinajstić information content (AvgIpc) is 3.49. The lowest BCUT2D eigenvalue weighted by Gasteiger charge is -2.24. The summed E-state index contributed by atoms with van der Waals surface area (Å²) < 4.78 is 13.1. The normalized spacial score (nSPS) is 16.7. The number of benzene rings is 2. The van der Waals surface area contributed by atoms with Crippen molar-refractivity contribution in [3.63, 3.8) is 0 Å². The predicted octanol–water partition coefficient (Wildman–Crippen LogP) is 4.05. The third kappa shape index (κ3) is 5.69. The first kappa shape index (κ1) is 28.0. The van der Waals surface area contributed by atoms with Gasteiger partial charge in [-0.05, 0) is 50.8 Å². The van der Waals surface area contributed by atoms with Gasteiger partial charge in [0, 0.05) is 24.1 Å². The molecule has 212 valence electrons. The molecule has 0 radical (unpaired) electrons. The molecule has 0 fully saturated rings. The quantitative estimate of drug-likeness (QED) is 0.464. The van der Waals surface area contributed by atoms with Gasteiger partial charge in [0.15, 0.2) is 11.5 Å². The highest BCUT2D eigenvalue weighted by molar-refractivity contribution is 8.00. The molecule has 0 spiro atoms. The van der Waals surface area contributed by atoms with E-state index < -0.39 is 0 Å². The van der Waals surface area contributed by atoms with E-state index in [0.29, 0.717) is 30.4 Å². The number of ether oxygens (including phenoxy) is 2. The summed E-state index contributed by atoms with van der Waals surface area (Å²) in [6.45, 7) is 9.73. The Balaban J connectivity index is 1.68. The van der Waals surface area contributed by atoms with Crippen LogP contribution in [0.25, 0.3) is 5.69 Å². The molecule has 2 aliphatic rings. The van der Waals surface area contributed by atoms with E-state index in [1.165, 1.54) is 0 Å². The number of aromatic nitrogens is 2. The molecule has 5 rings (SSSR count). The van der Waals surface area contributed by atoms with E-state index in [4.69, 9.17) is 14.6 Å². The second-order valence-electron chi connectivity index (χ2n) is 11.5. The van der Waals surface area contributed by atoms with Gasteiger partial charge in [-0.15, -0.1) is 11.8 Å². The molecular formula is C30H37N5O4S.